The lowest BCUT2D eigenvalue weighted by molar-refractivity contribution is 0.394. The van der Waals surface area contributed by atoms with E-state index in [1.165, 1.54) is 10.5 Å². The molecule has 7 heteroatoms. The quantitative estimate of drug-likeness (QED) is 0.876. The molecule has 0 bridgehead atoms. The van der Waals surface area contributed by atoms with Crippen molar-refractivity contribution in [2.75, 3.05) is 18.6 Å². The van der Waals surface area contributed by atoms with E-state index in [2.05, 4.69) is 10.2 Å². The second-order valence-electron chi connectivity index (χ2n) is 3.90. The number of aromatic nitrogens is 2. The van der Waals surface area contributed by atoms with E-state index in [0.29, 0.717) is 5.69 Å². The zero-order chi connectivity index (χ0) is 11.8. The lowest BCUT2D eigenvalue weighted by Crippen LogP contribution is -2.37. The summed E-state index contributed by atoms with van der Waals surface area (Å²) in [5, 5.41) is 6.42. The van der Waals surface area contributed by atoms with Crippen molar-refractivity contribution in [3.63, 3.8) is 0 Å². The molecule has 1 aliphatic heterocycles. The van der Waals surface area contributed by atoms with Crippen LogP contribution in [0.25, 0.3) is 0 Å². The molecule has 1 aromatic rings. The molecule has 1 unspecified atom stereocenters. The molecule has 0 aliphatic carbocycles. The predicted octanol–water partition coefficient (Wildman–Crippen LogP) is 0.844. The summed E-state index contributed by atoms with van der Waals surface area (Å²) in [5.41, 5.74) is 0.595. The average Bonchev–Trinajstić information content (AvgIpc) is 2.86. The predicted molar refractivity (Wildman–Crippen MR) is 64.0 cm³/mol. The molecule has 1 N–H and O–H groups in total. The van der Waals surface area contributed by atoms with Crippen LogP contribution in [0, 0.1) is 6.92 Å². The summed E-state index contributed by atoms with van der Waals surface area (Å²) in [4.78, 5) is 0.284. The van der Waals surface area contributed by atoms with Gasteiger partial charge in [0.2, 0.25) is 10.0 Å². The second kappa shape index (κ2) is 4.38. The summed E-state index contributed by atoms with van der Waals surface area (Å²) < 4.78 is 26.0. The van der Waals surface area contributed by atoms with Crippen LogP contribution in [0.3, 0.4) is 0 Å². The van der Waals surface area contributed by atoms with E-state index in [0.717, 1.165) is 17.9 Å². The molecule has 1 atom stereocenters. The molecule has 2 heterocycles. The van der Waals surface area contributed by atoms with Gasteiger partial charge in [0.25, 0.3) is 0 Å². The highest BCUT2D eigenvalue weighted by molar-refractivity contribution is 7.99. The smallest absolute Gasteiger partial charge is 0.246 e. The Morgan fingerprint density at radius 2 is 2.38 bits per heavy atom. The maximum absolute atomic E-state index is 12.3. The van der Waals surface area contributed by atoms with Gasteiger partial charge in [-0.05, 0) is 19.1 Å². The highest BCUT2D eigenvalue weighted by Gasteiger charge is 2.31. The number of aryl methyl sites for hydroxylation is 1. The van der Waals surface area contributed by atoms with Crippen molar-refractivity contribution in [1.82, 2.24) is 14.5 Å². The normalized spacial score (nSPS) is 21.8. The number of sulfonamides is 1. The Balaban J connectivity index is 2.28. The van der Waals surface area contributed by atoms with Crippen molar-refractivity contribution >= 4 is 21.8 Å². The van der Waals surface area contributed by atoms with Gasteiger partial charge < -0.3 is 0 Å². The molecule has 2 rings (SSSR count). The number of aromatic amines is 1. The van der Waals surface area contributed by atoms with Crippen LogP contribution in [0.1, 0.15) is 12.1 Å². The molecule has 16 heavy (non-hydrogen) atoms. The van der Waals surface area contributed by atoms with Gasteiger partial charge in [0.05, 0.1) is 11.9 Å². The van der Waals surface area contributed by atoms with Gasteiger partial charge in [-0.25, -0.2) is 8.42 Å². The van der Waals surface area contributed by atoms with Crippen molar-refractivity contribution in [1.29, 1.82) is 0 Å². The summed E-state index contributed by atoms with van der Waals surface area (Å²) in [6.45, 7) is 1.72. The first kappa shape index (κ1) is 11.9. The molecule has 5 nitrogen and oxygen atoms in total. The van der Waals surface area contributed by atoms with Crippen LogP contribution in [0.5, 0.6) is 0 Å². The van der Waals surface area contributed by atoms with Gasteiger partial charge in [0.15, 0.2) is 0 Å². The molecule has 0 radical (unpaired) electrons. The first-order chi connectivity index (χ1) is 7.53. The summed E-state index contributed by atoms with van der Waals surface area (Å²) in [6, 6.07) is 0.115. The van der Waals surface area contributed by atoms with Gasteiger partial charge in [-0.15, -0.1) is 0 Å². The van der Waals surface area contributed by atoms with Gasteiger partial charge in [-0.1, -0.05) is 0 Å². The van der Waals surface area contributed by atoms with E-state index in [1.807, 2.05) is 0 Å². The van der Waals surface area contributed by atoms with Crippen molar-refractivity contribution in [2.45, 2.75) is 24.3 Å². The largest absolute Gasteiger partial charge is 0.281 e. The Bertz CT molecular complexity index is 463. The molecule has 0 aromatic carbocycles. The lowest BCUT2D eigenvalue weighted by atomic mass is 10.3. The fourth-order valence-electron chi connectivity index (χ4n) is 1.76. The Labute approximate surface area is 99.7 Å². The summed E-state index contributed by atoms with van der Waals surface area (Å²) in [7, 11) is -1.73. The zero-order valence-corrected chi connectivity index (χ0v) is 10.9. The van der Waals surface area contributed by atoms with Gasteiger partial charge in [0.1, 0.15) is 4.90 Å². The minimum atomic E-state index is -3.38. The van der Waals surface area contributed by atoms with Crippen LogP contribution in [0.15, 0.2) is 11.1 Å². The van der Waals surface area contributed by atoms with Crippen molar-refractivity contribution in [3.05, 3.63) is 11.9 Å². The van der Waals surface area contributed by atoms with Crippen LogP contribution in [0.4, 0.5) is 0 Å². The topological polar surface area (TPSA) is 66.1 Å². The van der Waals surface area contributed by atoms with Gasteiger partial charge in [-0.3, -0.25) is 5.10 Å². The number of hydrogen-bond donors (Lipinski definition) is 1. The first-order valence-corrected chi connectivity index (χ1v) is 7.68. The summed E-state index contributed by atoms with van der Waals surface area (Å²) in [5.74, 6) is 1.92. The van der Waals surface area contributed by atoms with E-state index >= 15 is 0 Å². The number of nitrogens with zero attached hydrogens (tertiary/aromatic N) is 2. The minimum Gasteiger partial charge on any atom is -0.281 e. The summed E-state index contributed by atoms with van der Waals surface area (Å²) >= 11 is 1.80. The Morgan fingerprint density at radius 1 is 1.62 bits per heavy atom. The maximum atomic E-state index is 12.3. The molecular formula is C9H15N3O2S2. The van der Waals surface area contributed by atoms with Crippen molar-refractivity contribution < 1.29 is 8.42 Å². The van der Waals surface area contributed by atoms with Crippen LogP contribution >= 0.6 is 11.8 Å². The van der Waals surface area contributed by atoms with E-state index in [4.69, 9.17) is 0 Å². The van der Waals surface area contributed by atoms with E-state index < -0.39 is 10.0 Å². The molecule has 1 fully saturated rings. The third-order valence-corrected chi connectivity index (χ3v) is 6.03. The zero-order valence-electron chi connectivity index (χ0n) is 9.30. The molecular weight excluding hydrogens is 246 g/mol. The standard InChI is InChI=1S/C9H15N3O2S2/c1-7-9(5-10-11-7)16(13,14)12(2)8-3-4-15-6-8/h5,8H,3-4,6H2,1-2H3,(H,10,11). The van der Waals surface area contributed by atoms with E-state index in [9.17, 15) is 8.42 Å². The molecule has 1 aliphatic rings. The van der Waals surface area contributed by atoms with Gasteiger partial charge in [0, 0.05) is 18.8 Å². The van der Waals surface area contributed by atoms with Crippen molar-refractivity contribution in [3.8, 4) is 0 Å². The number of rotatable bonds is 3. The molecule has 1 saturated heterocycles. The van der Waals surface area contributed by atoms with E-state index in [-0.39, 0.29) is 10.9 Å². The molecule has 0 saturated carbocycles. The third-order valence-electron chi connectivity index (χ3n) is 2.86. The van der Waals surface area contributed by atoms with Crippen LogP contribution in [-0.2, 0) is 10.0 Å². The maximum Gasteiger partial charge on any atom is 0.246 e. The van der Waals surface area contributed by atoms with Crippen molar-refractivity contribution in [2.24, 2.45) is 0 Å². The highest BCUT2D eigenvalue weighted by atomic mass is 32.2. The second-order valence-corrected chi connectivity index (χ2v) is 7.01. The van der Waals surface area contributed by atoms with Crippen LogP contribution in [-0.4, -0.2) is 47.5 Å². The monoisotopic (exact) mass is 261 g/mol. The van der Waals surface area contributed by atoms with Gasteiger partial charge in [-0.2, -0.15) is 21.2 Å². The Hall–Kier alpha value is -0.530. The number of thioether (sulfide) groups is 1. The molecule has 90 valence electrons. The Kier molecular flexibility index (Phi) is 3.27. The molecule has 1 aromatic heterocycles. The number of nitrogens with one attached hydrogen (secondary N) is 1. The molecule has 0 spiro atoms. The first-order valence-electron chi connectivity index (χ1n) is 5.09. The van der Waals surface area contributed by atoms with Crippen LogP contribution in [0.2, 0.25) is 0 Å². The SMILES string of the molecule is Cc1[nH]ncc1S(=O)(=O)N(C)C1CCSC1. The van der Waals surface area contributed by atoms with Gasteiger partial charge >= 0.3 is 0 Å². The fourth-order valence-corrected chi connectivity index (χ4v) is 4.62. The van der Waals surface area contributed by atoms with E-state index in [1.54, 1.807) is 25.7 Å². The Morgan fingerprint density at radius 3 is 2.88 bits per heavy atom. The molecule has 0 amide bonds. The highest BCUT2D eigenvalue weighted by Crippen LogP contribution is 2.26. The lowest BCUT2D eigenvalue weighted by Gasteiger charge is -2.22. The number of hydrogen-bond acceptors (Lipinski definition) is 4. The average molecular weight is 261 g/mol. The summed E-state index contributed by atoms with van der Waals surface area (Å²) in [6.07, 6.45) is 2.31. The minimum absolute atomic E-state index is 0.115. The number of H-pyrrole nitrogens is 1. The third kappa shape index (κ3) is 1.99. The fraction of sp³-hybridized carbons (Fsp3) is 0.667. The van der Waals surface area contributed by atoms with Crippen LogP contribution < -0.4 is 0 Å².